The molecule has 86 valence electrons. The lowest BCUT2D eigenvalue weighted by atomic mass is 10.2. The van der Waals surface area contributed by atoms with Gasteiger partial charge >= 0.3 is 0 Å². The summed E-state index contributed by atoms with van der Waals surface area (Å²) in [6.45, 7) is 0.435. The second kappa shape index (κ2) is 5.07. The fourth-order valence-electron chi connectivity index (χ4n) is 1.56. The number of hydrogen-bond acceptors (Lipinski definition) is 4. The van der Waals surface area contributed by atoms with Gasteiger partial charge in [0.15, 0.2) is 0 Å². The molecular weight excluding hydrogens is 206 g/mol. The van der Waals surface area contributed by atoms with Crippen LogP contribution in [0.3, 0.4) is 0 Å². The van der Waals surface area contributed by atoms with Gasteiger partial charge in [0.1, 0.15) is 0 Å². The molecule has 0 amide bonds. The van der Waals surface area contributed by atoms with Gasteiger partial charge in [0.25, 0.3) is 0 Å². The Labute approximate surface area is 93.3 Å². The number of nitrogens with one attached hydrogen (secondary N) is 1. The molecule has 0 spiro atoms. The van der Waals surface area contributed by atoms with Gasteiger partial charge in [0.2, 0.25) is 0 Å². The van der Waals surface area contributed by atoms with Crippen molar-refractivity contribution in [3.8, 4) is 0 Å². The average molecular weight is 221 g/mol. The molecule has 0 bridgehead atoms. The summed E-state index contributed by atoms with van der Waals surface area (Å²) in [4.78, 5) is 0. The first-order valence-electron chi connectivity index (χ1n) is 5.21. The van der Waals surface area contributed by atoms with Gasteiger partial charge in [-0.15, -0.1) is 0 Å². The van der Waals surface area contributed by atoms with Gasteiger partial charge in [-0.1, -0.05) is 6.07 Å². The van der Waals surface area contributed by atoms with Gasteiger partial charge in [-0.3, -0.25) is 0 Å². The molecule has 5 heteroatoms. The minimum absolute atomic E-state index is 0.0737. The van der Waals surface area contributed by atoms with E-state index in [1.54, 1.807) is 10.7 Å². The monoisotopic (exact) mass is 221 g/mol. The SMILES string of the molecule is OCC(CO)NCc1cnn2ccccc12. The van der Waals surface area contributed by atoms with Crippen molar-refractivity contribution in [3.05, 3.63) is 36.2 Å². The molecule has 0 aliphatic rings. The van der Waals surface area contributed by atoms with Crippen LogP contribution in [0, 0.1) is 0 Å². The number of rotatable bonds is 5. The Morgan fingerprint density at radius 3 is 2.88 bits per heavy atom. The molecule has 2 rings (SSSR count). The van der Waals surface area contributed by atoms with Crippen molar-refractivity contribution in [1.82, 2.24) is 14.9 Å². The number of aliphatic hydroxyl groups is 2. The number of pyridine rings is 1. The third kappa shape index (κ3) is 2.21. The Bertz CT molecular complexity index is 451. The summed E-state index contributed by atoms with van der Waals surface area (Å²) in [5.74, 6) is 0. The van der Waals surface area contributed by atoms with Gasteiger partial charge in [0, 0.05) is 18.3 Å². The van der Waals surface area contributed by atoms with Gasteiger partial charge in [-0.2, -0.15) is 5.10 Å². The molecule has 0 unspecified atom stereocenters. The van der Waals surface area contributed by atoms with Crippen LogP contribution < -0.4 is 5.32 Å². The van der Waals surface area contributed by atoms with E-state index in [0.717, 1.165) is 11.1 Å². The molecule has 5 nitrogen and oxygen atoms in total. The molecule has 16 heavy (non-hydrogen) atoms. The number of aromatic nitrogens is 2. The van der Waals surface area contributed by atoms with Crippen LogP contribution in [-0.4, -0.2) is 39.1 Å². The summed E-state index contributed by atoms with van der Waals surface area (Å²) in [6.07, 6.45) is 3.67. The predicted molar refractivity (Wildman–Crippen MR) is 60.0 cm³/mol. The molecule has 2 aromatic heterocycles. The van der Waals surface area contributed by atoms with Crippen molar-refractivity contribution in [3.63, 3.8) is 0 Å². The van der Waals surface area contributed by atoms with E-state index in [2.05, 4.69) is 10.4 Å². The van der Waals surface area contributed by atoms with E-state index in [1.807, 2.05) is 24.4 Å². The minimum atomic E-state index is -0.279. The third-order valence-corrected chi connectivity index (χ3v) is 2.53. The largest absolute Gasteiger partial charge is 0.395 e. The van der Waals surface area contributed by atoms with Gasteiger partial charge in [-0.25, -0.2) is 4.52 Å². The first kappa shape index (κ1) is 11.1. The number of hydrogen-bond donors (Lipinski definition) is 3. The maximum Gasteiger partial charge on any atom is 0.0706 e. The third-order valence-electron chi connectivity index (χ3n) is 2.53. The van der Waals surface area contributed by atoms with E-state index >= 15 is 0 Å². The van der Waals surface area contributed by atoms with E-state index < -0.39 is 0 Å². The van der Waals surface area contributed by atoms with Crippen molar-refractivity contribution in [2.75, 3.05) is 13.2 Å². The molecule has 0 aromatic carbocycles. The second-order valence-corrected chi connectivity index (χ2v) is 3.64. The zero-order chi connectivity index (χ0) is 11.4. The van der Waals surface area contributed by atoms with Crippen LogP contribution in [0.5, 0.6) is 0 Å². The van der Waals surface area contributed by atoms with Crippen molar-refractivity contribution in [2.24, 2.45) is 0 Å². The van der Waals surface area contributed by atoms with E-state index in [4.69, 9.17) is 10.2 Å². The van der Waals surface area contributed by atoms with Crippen LogP contribution in [0.1, 0.15) is 5.56 Å². The summed E-state index contributed by atoms with van der Waals surface area (Å²) in [5, 5.41) is 25.1. The Morgan fingerprint density at radius 2 is 2.12 bits per heavy atom. The van der Waals surface area contributed by atoms with Crippen molar-refractivity contribution < 1.29 is 10.2 Å². The molecule has 0 saturated heterocycles. The number of fused-ring (bicyclic) bond motifs is 1. The first-order valence-corrected chi connectivity index (χ1v) is 5.21. The fourth-order valence-corrected chi connectivity index (χ4v) is 1.56. The predicted octanol–water partition coefficient (Wildman–Crippen LogP) is -0.223. The van der Waals surface area contributed by atoms with Crippen LogP contribution in [0.25, 0.3) is 5.52 Å². The highest BCUT2D eigenvalue weighted by atomic mass is 16.3. The molecule has 0 saturated carbocycles. The standard InChI is InChI=1S/C11H15N3O2/c15-7-10(8-16)12-5-9-6-13-14-4-2-1-3-11(9)14/h1-4,6,10,12,15-16H,5,7-8H2. The van der Waals surface area contributed by atoms with E-state index in [9.17, 15) is 0 Å². The van der Waals surface area contributed by atoms with Crippen LogP contribution >= 0.6 is 0 Å². The number of aliphatic hydroxyl groups excluding tert-OH is 2. The summed E-state index contributed by atoms with van der Waals surface area (Å²) < 4.78 is 1.80. The van der Waals surface area contributed by atoms with E-state index in [0.29, 0.717) is 6.54 Å². The maximum atomic E-state index is 8.92. The van der Waals surface area contributed by atoms with Crippen LogP contribution in [0.4, 0.5) is 0 Å². The molecule has 2 aromatic rings. The lowest BCUT2D eigenvalue weighted by Gasteiger charge is -2.12. The summed E-state index contributed by atoms with van der Waals surface area (Å²) >= 11 is 0. The molecule has 0 fully saturated rings. The molecule has 0 radical (unpaired) electrons. The second-order valence-electron chi connectivity index (χ2n) is 3.64. The van der Waals surface area contributed by atoms with Crippen LogP contribution in [-0.2, 0) is 6.54 Å². The summed E-state index contributed by atoms with van der Waals surface area (Å²) in [7, 11) is 0. The molecule has 2 heterocycles. The van der Waals surface area contributed by atoms with Crippen LogP contribution in [0.15, 0.2) is 30.6 Å². The number of nitrogens with zero attached hydrogens (tertiary/aromatic N) is 2. The van der Waals surface area contributed by atoms with Crippen molar-refractivity contribution in [2.45, 2.75) is 12.6 Å². The Morgan fingerprint density at radius 1 is 1.31 bits per heavy atom. The zero-order valence-electron chi connectivity index (χ0n) is 8.87. The average Bonchev–Trinajstić information content (AvgIpc) is 2.74. The Kier molecular flexibility index (Phi) is 3.51. The highest BCUT2D eigenvalue weighted by molar-refractivity contribution is 5.53. The highest BCUT2D eigenvalue weighted by Gasteiger charge is 2.07. The maximum absolute atomic E-state index is 8.92. The Balaban J connectivity index is 2.09. The van der Waals surface area contributed by atoms with Gasteiger partial charge in [0.05, 0.1) is 31.0 Å². The lowest BCUT2D eigenvalue weighted by molar-refractivity contribution is 0.170. The molecular formula is C11H15N3O2. The zero-order valence-corrected chi connectivity index (χ0v) is 8.87. The van der Waals surface area contributed by atoms with Gasteiger partial charge in [-0.05, 0) is 12.1 Å². The molecule has 0 aliphatic heterocycles. The smallest absolute Gasteiger partial charge is 0.0706 e. The van der Waals surface area contributed by atoms with Crippen molar-refractivity contribution >= 4 is 5.52 Å². The van der Waals surface area contributed by atoms with Crippen molar-refractivity contribution in [1.29, 1.82) is 0 Å². The topological polar surface area (TPSA) is 69.8 Å². The van der Waals surface area contributed by atoms with Gasteiger partial charge < -0.3 is 15.5 Å². The first-order chi connectivity index (χ1) is 7.85. The normalized spacial score (nSPS) is 11.4. The highest BCUT2D eigenvalue weighted by Crippen LogP contribution is 2.09. The van der Waals surface area contributed by atoms with E-state index in [1.165, 1.54) is 0 Å². The quantitative estimate of drug-likeness (QED) is 0.652. The molecule has 0 atom stereocenters. The lowest BCUT2D eigenvalue weighted by Crippen LogP contribution is -2.35. The fraction of sp³-hybridized carbons (Fsp3) is 0.364. The molecule has 3 N–H and O–H groups in total. The summed E-state index contributed by atoms with van der Waals surface area (Å²) in [5.41, 5.74) is 2.08. The minimum Gasteiger partial charge on any atom is -0.395 e. The Hall–Kier alpha value is -1.43. The molecule has 0 aliphatic carbocycles. The van der Waals surface area contributed by atoms with Crippen LogP contribution in [0.2, 0.25) is 0 Å². The van der Waals surface area contributed by atoms with E-state index in [-0.39, 0.29) is 19.3 Å². The summed E-state index contributed by atoms with van der Waals surface area (Å²) in [6, 6.07) is 5.58.